The van der Waals surface area contributed by atoms with E-state index in [1.165, 1.54) is 4.90 Å². The molecule has 20 heavy (non-hydrogen) atoms. The lowest BCUT2D eigenvalue weighted by molar-refractivity contribution is -0.493. The summed E-state index contributed by atoms with van der Waals surface area (Å²) >= 11 is 0. The third-order valence-corrected chi connectivity index (χ3v) is 4.12. The fourth-order valence-electron chi connectivity index (χ4n) is 3.11. The third kappa shape index (κ3) is 1.59. The van der Waals surface area contributed by atoms with E-state index in [1.54, 1.807) is 24.3 Å². The molecule has 102 valence electrons. The summed E-state index contributed by atoms with van der Waals surface area (Å²) < 4.78 is 11.4. The molecule has 0 bridgehead atoms. The van der Waals surface area contributed by atoms with Crippen LogP contribution in [0.4, 0.5) is 0 Å². The van der Waals surface area contributed by atoms with E-state index in [4.69, 9.17) is 9.16 Å². The second-order valence-corrected chi connectivity index (χ2v) is 5.36. The number of esters is 1. The number of hydrogen-bond acceptors (Lipinski definition) is 3. The SMILES string of the molecule is O=C1c2ccccc2C(=O)N1CC1=[O+][C@@H]2CCC[C@@H]2O1. The molecule has 2 atom stereocenters. The van der Waals surface area contributed by atoms with E-state index >= 15 is 0 Å². The second-order valence-electron chi connectivity index (χ2n) is 5.36. The molecule has 5 heteroatoms. The highest BCUT2D eigenvalue weighted by Gasteiger charge is 2.49. The molecule has 2 amide bonds. The average molecular weight is 272 g/mol. The van der Waals surface area contributed by atoms with Gasteiger partial charge in [-0.05, 0) is 18.6 Å². The maximum Gasteiger partial charge on any atom is 0.506 e. The maximum atomic E-state index is 12.2. The summed E-state index contributed by atoms with van der Waals surface area (Å²) in [6.07, 6.45) is 3.27. The molecular formula is C15H14NO4+. The highest BCUT2D eigenvalue weighted by Crippen LogP contribution is 2.28. The van der Waals surface area contributed by atoms with Gasteiger partial charge in [-0.3, -0.25) is 14.5 Å². The van der Waals surface area contributed by atoms with E-state index in [2.05, 4.69) is 0 Å². The van der Waals surface area contributed by atoms with Gasteiger partial charge in [0.2, 0.25) is 0 Å². The number of carbonyl (C=O) groups is 2. The minimum atomic E-state index is -0.276. The fraction of sp³-hybridized carbons (Fsp3) is 0.400. The van der Waals surface area contributed by atoms with Crippen LogP contribution >= 0.6 is 0 Å². The summed E-state index contributed by atoms with van der Waals surface area (Å²) in [5.74, 6) is -0.154. The normalized spacial score (nSPS) is 27.4. The van der Waals surface area contributed by atoms with Gasteiger partial charge in [0.05, 0.1) is 11.1 Å². The quantitative estimate of drug-likeness (QED) is 0.463. The largest absolute Gasteiger partial charge is 0.506 e. The minimum absolute atomic E-state index is 0.0966. The monoisotopic (exact) mass is 272 g/mol. The first-order valence-electron chi connectivity index (χ1n) is 6.88. The van der Waals surface area contributed by atoms with Gasteiger partial charge in [-0.15, -0.1) is 0 Å². The van der Waals surface area contributed by atoms with Crippen molar-refractivity contribution in [1.29, 1.82) is 0 Å². The van der Waals surface area contributed by atoms with E-state index in [-0.39, 0.29) is 30.6 Å². The Morgan fingerprint density at radius 3 is 2.50 bits per heavy atom. The van der Waals surface area contributed by atoms with E-state index in [9.17, 15) is 9.59 Å². The lowest BCUT2D eigenvalue weighted by Gasteiger charge is -2.08. The summed E-state index contributed by atoms with van der Waals surface area (Å²) in [5, 5.41) is 0. The summed E-state index contributed by atoms with van der Waals surface area (Å²) in [5.41, 5.74) is 0.910. The van der Waals surface area contributed by atoms with Crippen LogP contribution in [0.25, 0.3) is 0 Å². The van der Waals surface area contributed by atoms with Gasteiger partial charge in [0.15, 0.2) is 6.54 Å². The molecule has 0 spiro atoms. The first-order valence-corrected chi connectivity index (χ1v) is 6.88. The molecular weight excluding hydrogens is 258 g/mol. The molecule has 0 radical (unpaired) electrons. The first-order chi connectivity index (χ1) is 9.74. The summed E-state index contributed by atoms with van der Waals surface area (Å²) in [6, 6.07) is 6.86. The Bertz CT molecular complexity index is 602. The van der Waals surface area contributed by atoms with Gasteiger partial charge in [0.1, 0.15) is 0 Å². The molecule has 2 heterocycles. The number of amides is 2. The number of rotatable bonds is 2. The zero-order valence-corrected chi connectivity index (χ0v) is 10.9. The molecule has 1 saturated carbocycles. The molecule has 4 rings (SSSR count). The molecule has 0 unspecified atom stereocenters. The van der Waals surface area contributed by atoms with Gasteiger partial charge in [0, 0.05) is 12.8 Å². The fourth-order valence-corrected chi connectivity index (χ4v) is 3.11. The van der Waals surface area contributed by atoms with Crippen molar-refractivity contribution in [1.82, 2.24) is 4.90 Å². The number of fused-ring (bicyclic) bond motifs is 2. The van der Waals surface area contributed by atoms with Crippen molar-refractivity contribution < 1.29 is 18.8 Å². The van der Waals surface area contributed by atoms with E-state index < -0.39 is 0 Å². The molecule has 0 aromatic heterocycles. The Kier molecular flexibility index (Phi) is 2.42. The predicted octanol–water partition coefficient (Wildman–Crippen LogP) is 1.30. The van der Waals surface area contributed by atoms with Crippen LogP contribution in [0.1, 0.15) is 40.0 Å². The highest BCUT2D eigenvalue weighted by molar-refractivity contribution is 6.22. The number of carbonyl (C=O) groups excluding carboxylic acids is 3. The van der Waals surface area contributed by atoms with Crippen molar-refractivity contribution in [3.05, 3.63) is 35.4 Å². The molecule has 2 aliphatic heterocycles. The van der Waals surface area contributed by atoms with Gasteiger partial charge >= 0.3 is 5.97 Å². The average Bonchev–Trinajstić information content (AvgIpc) is 3.09. The topological polar surface area (TPSA) is 57.9 Å². The molecule has 1 fully saturated rings. The standard InChI is InChI=1S/C15H14NO4/c17-14-9-4-1-2-5-10(9)15(18)16(14)8-13-19-11-6-3-7-12(11)20-13/h1-2,4-5,11-12H,3,6-8H2/q+1/t11-,12+. The predicted molar refractivity (Wildman–Crippen MR) is 69.3 cm³/mol. The lowest BCUT2D eigenvalue weighted by Crippen LogP contribution is -2.35. The third-order valence-electron chi connectivity index (χ3n) is 4.12. The van der Waals surface area contributed by atoms with Crippen LogP contribution in [0, 0.1) is 0 Å². The van der Waals surface area contributed by atoms with Crippen LogP contribution in [0.2, 0.25) is 0 Å². The zero-order valence-electron chi connectivity index (χ0n) is 10.9. The smallest absolute Gasteiger partial charge is 0.310 e. The van der Waals surface area contributed by atoms with Gasteiger partial charge < -0.3 is 9.16 Å². The number of ether oxygens (including phenoxy) is 1. The molecule has 0 N–H and O–H groups in total. The van der Waals surface area contributed by atoms with Gasteiger partial charge in [-0.1, -0.05) is 12.1 Å². The molecule has 1 aromatic rings. The van der Waals surface area contributed by atoms with Crippen molar-refractivity contribution in [2.75, 3.05) is 6.54 Å². The van der Waals surface area contributed by atoms with Crippen molar-refractivity contribution in [3.63, 3.8) is 0 Å². The number of hydrogen-bond donors (Lipinski definition) is 0. The Labute approximate surface area is 115 Å². The van der Waals surface area contributed by atoms with Crippen LogP contribution in [-0.4, -0.2) is 41.4 Å². The highest BCUT2D eigenvalue weighted by atomic mass is 16.6. The zero-order chi connectivity index (χ0) is 13.7. The summed E-state index contributed by atoms with van der Waals surface area (Å²) in [6.45, 7) is 0.0966. The Morgan fingerprint density at radius 2 is 1.85 bits per heavy atom. The number of benzene rings is 1. The van der Waals surface area contributed by atoms with Crippen LogP contribution in [0.15, 0.2) is 24.3 Å². The summed E-state index contributed by atoms with van der Waals surface area (Å²) in [7, 11) is 0. The summed E-state index contributed by atoms with van der Waals surface area (Å²) in [4.78, 5) is 25.6. The molecule has 1 aliphatic carbocycles. The number of nitrogens with zero attached hydrogens (tertiary/aromatic N) is 1. The van der Waals surface area contributed by atoms with Gasteiger partial charge in [-0.25, -0.2) is 0 Å². The van der Waals surface area contributed by atoms with Crippen LogP contribution in [-0.2, 0) is 9.16 Å². The van der Waals surface area contributed by atoms with Crippen LogP contribution in [0.5, 0.6) is 0 Å². The maximum absolute atomic E-state index is 12.2. The van der Waals surface area contributed by atoms with Crippen LogP contribution in [0.3, 0.4) is 0 Å². The molecule has 3 aliphatic rings. The van der Waals surface area contributed by atoms with E-state index in [0.717, 1.165) is 19.3 Å². The minimum Gasteiger partial charge on any atom is -0.310 e. The van der Waals surface area contributed by atoms with Gasteiger partial charge in [-0.2, -0.15) is 0 Å². The molecule has 1 aromatic carbocycles. The Morgan fingerprint density at radius 1 is 1.15 bits per heavy atom. The second kappa shape index (κ2) is 4.16. The van der Waals surface area contributed by atoms with Crippen molar-refractivity contribution >= 4 is 17.8 Å². The van der Waals surface area contributed by atoms with E-state index in [1.807, 2.05) is 0 Å². The van der Waals surface area contributed by atoms with Crippen molar-refractivity contribution in [3.8, 4) is 0 Å². The van der Waals surface area contributed by atoms with Crippen molar-refractivity contribution in [2.45, 2.75) is 31.5 Å². The van der Waals surface area contributed by atoms with Crippen LogP contribution < -0.4 is 0 Å². The van der Waals surface area contributed by atoms with E-state index in [0.29, 0.717) is 17.1 Å². The molecule has 5 nitrogen and oxygen atoms in total. The number of imide groups is 1. The lowest BCUT2D eigenvalue weighted by atomic mass is 10.1. The van der Waals surface area contributed by atoms with Gasteiger partial charge in [0.25, 0.3) is 24.0 Å². The molecule has 0 saturated heterocycles. The Hall–Kier alpha value is -2.17. The Balaban J connectivity index is 1.57. The van der Waals surface area contributed by atoms with Crippen molar-refractivity contribution in [2.24, 2.45) is 0 Å². The first kappa shape index (κ1) is 11.6.